The number of aromatic amines is 1. The van der Waals surface area contributed by atoms with Gasteiger partial charge in [0.1, 0.15) is 0 Å². The van der Waals surface area contributed by atoms with Crippen LogP contribution < -0.4 is 0 Å². The molecule has 0 unspecified atom stereocenters. The Balaban J connectivity index is 1.86. The van der Waals surface area contributed by atoms with Crippen molar-refractivity contribution in [2.24, 2.45) is 5.92 Å². The van der Waals surface area contributed by atoms with Gasteiger partial charge >= 0.3 is 0 Å². The summed E-state index contributed by atoms with van der Waals surface area (Å²) >= 11 is 0. The molecule has 126 valence electrons. The first-order chi connectivity index (χ1) is 16.4. The number of amides is 1. The number of H-pyrrole nitrogens is 1. The molecule has 0 spiro atoms. The Morgan fingerprint density at radius 3 is 3.17 bits per heavy atom. The van der Waals surface area contributed by atoms with E-state index in [0.717, 1.165) is 9.80 Å². The molecule has 1 amide bonds. The number of rotatable bonds is 3. The van der Waals surface area contributed by atoms with Gasteiger partial charge in [-0.1, -0.05) is 18.2 Å². The molecule has 4 rings (SSSR count). The zero-order chi connectivity index (χ0) is 27.0. The first-order valence-corrected chi connectivity index (χ1v) is 7.76. The molecule has 0 radical (unpaired) electrons. The Bertz CT molecular complexity index is 1220. The average Bonchev–Trinajstić information content (AvgIpc) is 3.04. The highest BCUT2D eigenvalue weighted by molar-refractivity contribution is 5.99. The van der Waals surface area contributed by atoms with Crippen LogP contribution >= 0.6 is 0 Å². The number of fused-ring (bicyclic) bond motifs is 2. The van der Waals surface area contributed by atoms with Crippen molar-refractivity contribution in [2.75, 3.05) is 26.6 Å². The van der Waals surface area contributed by atoms with Crippen LogP contribution in [0.25, 0.3) is 16.5 Å². The molecule has 2 atom stereocenters. The van der Waals surface area contributed by atoms with Gasteiger partial charge in [-0.3, -0.25) is 9.69 Å². The summed E-state index contributed by atoms with van der Waals surface area (Å²) in [6.07, 6.45) is 1.68. The molecule has 1 aromatic carbocycles. The van der Waals surface area contributed by atoms with Gasteiger partial charge in [0, 0.05) is 55.1 Å². The first-order valence-electron chi connectivity index (χ1n) is 13.8. The van der Waals surface area contributed by atoms with E-state index in [1.54, 1.807) is 0 Å². The van der Waals surface area contributed by atoms with E-state index < -0.39 is 51.6 Å². The van der Waals surface area contributed by atoms with Gasteiger partial charge in [0.15, 0.2) is 0 Å². The average molecular weight is 336 g/mol. The maximum atomic E-state index is 13.5. The quantitative estimate of drug-likeness (QED) is 0.937. The Kier molecular flexibility index (Phi) is 1.70. The SMILES string of the molecule is [2H]c1cc2c3c(c([2H])[nH]c3c1[2H])C[C@@H]1C2=C[C@@H](C(=O)N(CC([2H])([2H])[2H])CC([2H])([2H])[2H])CN1C([2H])([2H])[2H]. The topological polar surface area (TPSA) is 39.3 Å². The minimum Gasteiger partial charge on any atom is -0.361 e. The molecule has 2 aliphatic rings. The zero-order valence-electron chi connectivity index (χ0n) is 24.9. The predicted molar refractivity (Wildman–Crippen MR) is 97.8 cm³/mol. The fourth-order valence-corrected chi connectivity index (χ4v) is 3.60. The second-order valence-corrected chi connectivity index (χ2v) is 6.10. The molecule has 1 aliphatic heterocycles. The molecule has 0 saturated heterocycles. The van der Waals surface area contributed by atoms with Crippen molar-refractivity contribution in [1.29, 1.82) is 0 Å². The lowest BCUT2D eigenvalue weighted by molar-refractivity contribution is -0.134. The highest BCUT2D eigenvalue weighted by atomic mass is 16.2. The summed E-state index contributed by atoms with van der Waals surface area (Å²) in [5.74, 6) is -1.97. The first kappa shape index (κ1) is 7.04. The predicted octanol–water partition coefficient (Wildman–Crippen LogP) is 2.91. The number of aromatic nitrogens is 1. The van der Waals surface area contributed by atoms with E-state index in [-0.39, 0.29) is 36.7 Å². The number of carbonyl (C=O) groups excluding carboxylic acids is 1. The standard InChI is InChI=1S/C20H25N3O/c1-4-23(5-2)20(24)14-9-16-15-7-6-8-17-19(15)13(11-21-17)10-18(16)22(3)12-14/h6-9,11,14,18,21H,4-5,10,12H2,1-3H3/t14-,18-/m1/s1/i1D3,2D3,3D3,6D,8D,11D. The van der Waals surface area contributed by atoms with Gasteiger partial charge in [0.25, 0.3) is 0 Å². The van der Waals surface area contributed by atoms with Gasteiger partial charge in [-0.25, -0.2) is 0 Å². The lowest BCUT2D eigenvalue weighted by Gasteiger charge is -2.40. The molecule has 1 aliphatic carbocycles. The summed E-state index contributed by atoms with van der Waals surface area (Å²) in [5.41, 5.74) is 1.64. The third-order valence-corrected chi connectivity index (χ3v) is 4.80. The van der Waals surface area contributed by atoms with Crippen molar-refractivity contribution in [2.45, 2.75) is 26.2 Å². The number of likely N-dealkylation sites (N-methyl/N-ethyl adjacent to an activating group) is 1. The maximum absolute atomic E-state index is 13.5. The molecule has 0 bridgehead atoms. The van der Waals surface area contributed by atoms with Gasteiger partial charge in [-0.2, -0.15) is 0 Å². The van der Waals surface area contributed by atoms with Crippen LogP contribution in [0.4, 0.5) is 0 Å². The summed E-state index contributed by atoms with van der Waals surface area (Å²) in [6, 6.07) is 0.399. The van der Waals surface area contributed by atoms with Gasteiger partial charge in [-0.15, -0.1) is 0 Å². The summed E-state index contributed by atoms with van der Waals surface area (Å²) < 4.78 is 94.3. The van der Waals surface area contributed by atoms with Crippen molar-refractivity contribution in [3.05, 3.63) is 41.5 Å². The Hall–Kier alpha value is -2.07. The van der Waals surface area contributed by atoms with Gasteiger partial charge in [-0.05, 0) is 49.8 Å². The number of nitrogens with zero attached hydrogens (tertiary/aromatic N) is 2. The molecule has 4 nitrogen and oxygen atoms in total. The van der Waals surface area contributed by atoms with Crippen LogP contribution in [0.3, 0.4) is 0 Å². The van der Waals surface area contributed by atoms with E-state index in [9.17, 15) is 4.79 Å². The number of benzene rings is 1. The van der Waals surface area contributed by atoms with Crippen molar-refractivity contribution in [3.8, 4) is 0 Å². The van der Waals surface area contributed by atoms with Crippen LogP contribution in [0.15, 0.2) is 30.4 Å². The molecular weight excluding hydrogens is 298 g/mol. The molecule has 4 heteroatoms. The zero-order valence-corrected chi connectivity index (χ0v) is 12.9. The van der Waals surface area contributed by atoms with E-state index in [1.807, 2.05) is 0 Å². The highest BCUT2D eigenvalue weighted by Crippen LogP contribution is 2.40. The molecule has 24 heavy (non-hydrogen) atoms. The monoisotopic (exact) mass is 335 g/mol. The number of carbonyl (C=O) groups is 1. The number of hydrogen-bond acceptors (Lipinski definition) is 2. The van der Waals surface area contributed by atoms with E-state index in [1.165, 1.54) is 12.1 Å². The normalized spacial score (nSPS) is 31.9. The third-order valence-electron chi connectivity index (χ3n) is 4.80. The van der Waals surface area contributed by atoms with Crippen LogP contribution in [0, 0.1) is 5.92 Å². The Morgan fingerprint density at radius 2 is 2.38 bits per heavy atom. The van der Waals surface area contributed by atoms with Crippen LogP contribution in [-0.2, 0) is 11.2 Å². The third kappa shape index (κ3) is 2.20. The van der Waals surface area contributed by atoms with Crippen molar-refractivity contribution >= 4 is 22.4 Å². The van der Waals surface area contributed by atoms with E-state index in [0.29, 0.717) is 22.1 Å². The van der Waals surface area contributed by atoms with Crippen molar-refractivity contribution < 1.29 is 21.2 Å². The Morgan fingerprint density at radius 1 is 1.50 bits per heavy atom. The van der Waals surface area contributed by atoms with Gasteiger partial charge < -0.3 is 9.88 Å². The lowest BCUT2D eigenvalue weighted by Crippen LogP contribution is -2.47. The fourth-order valence-electron chi connectivity index (χ4n) is 3.60. The van der Waals surface area contributed by atoms with E-state index in [2.05, 4.69) is 4.98 Å². The molecule has 0 saturated carbocycles. The second kappa shape index (κ2) is 5.78. The molecule has 2 aromatic rings. The van der Waals surface area contributed by atoms with Crippen LogP contribution in [0.1, 0.15) is 41.3 Å². The summed E-state index contributed by atoms with van der Waals surface area (Å²) in [7, 11) is 0. The minimum absolute atomic E-state index is 0.0228. The van der Waals surface area contributed by atoms with Crippen LogP contribution in [0.2, 0.25) is 0 Å². The second-order valence-electron chi connectivity index (χ2n) is 6.10. The smallest absolute Gasteiger partial charge is 0.230 e. The van der Waals surface area contributed by atoms with Crippen LogP contribution in [0.5, 0.6) is 0 Å². The lowest BCUT2D eigenvalue weighted by atomic mass is 9.79. The highest BCUT2D eigenvalue weighted by Gasteiger charge is 2.36. The summed E-state index contributed by atoms with van der Waals surface area (Å²) in [6.45, 7) is -9.82. The molecule has 0 fully saturated rings. The van der Waals surface area contributed by atoms with Crippen molar-refractivity contribution in [1.82, 2.24) is 14.8 Å². The number of hydrogen-bond donors (Lipinski definition) is 1. The summed E-state index contributed by atoms with van der Waals surface area (Å²) in [4.78, 5) is 18.2. The summed E-state index contributed by atoms with van der Waals surface area (Å²) in [5, 5.41) is 0.518. The Labute approximate surface area is 160 Å². The maximum Gasteiger partial charge on any atom is 0.230 e. The largest absolute Gasteiger partial charge is 0.361 e. The van der Waals surface area contributed by atoms with E-state index in [4.69, 9.17) is 16.4 Å². The van der Waals surface area contributed by atoms with Crippen molar-refractivity contribution in [3.63, 3.8) is 0 Å². The molecule has 1 aromatic heterocycles. The van der Waals surface area contributed by atoms with Crippen LogP contribution in [-0.4, -0.2) is 53.3 Å². The minimum atomic E-state index is -2.66. The number of nitrogens with one attached hydrogen (secondary N) is 1. The molecule has 2 heterocycles. The van der Waals surface area contributed by atoms with Gasteiger partial charge in [0.2, 0.25) is 5.91 Å². The fraction of sp³-hybridized carbons (Fsp3) is 0.450. The van der Waals surface area contributed by atoms with E-state index >= 15 is 0 Å². The molecular formula is C20H25N3O. The molecule has 1 N–H and O–H groups in total. The van der Waals surface area contributed by atoms with Gasteiger partial charge in [0.05, 0.1) is 10.0 Å².